The summed E-state index contributed by atoms with van der Waals surface area (Å²) in [5, 5.41) is 36.7. The molecule has 4 aliphatic rings. The number of hydrogen-bond acceptors (Lipinski definition) is 10. The van der Waals surface area contributed by atoms with E-state index in [2.05, 4.69) is 32.4 Å². The van der Waals surface area contributed by atoms with E-state index >= 15 is 17.6 Å². The number of anilines is 1. The number of aromatic amines is 2. The summed E-state index contributed by atoms with van der Waals surface area (Å²) in [5.74, 6) is 1.46. The largest absolute Gasteiger partial charge is 0.508 e. The summed E-state index contributed by atoms with van der Waals surface area (Å²) in [6.45, 7) is 2.19. The maximum Gasteiger partial charge on any atom is 0.407 e. The second-order valence-electron chi connectivity index (χ2n) is 18.8. The summed E-state index contributed by atoms with van der Waals surface area (Å²) in [6.07, 6.45) is 9.94. The van der Waals surface area contributed by atoms with Gasteiger partial charge in [0.1, 0.15) is 22.9 Å². The molecule has 1 saturated carbocycles. The zero-order chi connectivity index (χ0) is 52.6. The van der Waals surface area contributed by atoms with Crippen LogP contribution in [0.25, 0.3) is 90.9 Å². The molecule has 11 rings (SSSR count). The van der Waals surface area contributed by atoms with Gasteiger partial charge in [-0.25, -0.2) is 32.3 Å². The lowest BCUT2D eigenvalue weighted by atomic mass is 10.0. The predicted octanol–water partition coefficient (Wildman–Crippen LogP) is 14.3. The molecule has 4 aromatic carbocycles. The van der Waals surface area contributed by atoms with Gasteiger partial charge in [-0.2, -0.15) is 0 Å². The maximum absolute atomic E-state index is 17.0. The molecule has 5 heterocycles. The molecule has 8 bridgehead atoms. The van der Waals surface area contributed by atoms with Crippen molar-refractivity contribution in [3.05, 3.63) is 143 Å². The minimum atomic E-state index is -1.68. The van der Waals surface area contributed by atoms with Crippen molar-refractivity contribution in [2.24, 2.45) is 17.8 Å². The van der Waals surface area contributed by atoms with Crippen molar-refractivity contribution < 1.29 is 42.4 Å². The first kappa shape index (κ1) is 50.1. The highest BCUT2D eigenvalue weighted by Crippen LogP contribution is 2.52. The first-order valence-electron chi connectivity index (χ1n) is 24.7. The number of phenols is 3. The van der Waals surface area contributed by atoms with Crippen LogP contribution in [0.4, 0.5) is 28.0 Å². The van der Waals surface area contributed by atoms with Gasteiger partial charge in [0.15, 0.2) is 23.3 Å². The van der Waals surface area contributed by atoms with E-state index in [1.54, 1.807) is 79.7 Å². The van der Waals surface area contributed by atoms with Crippen molar-refractivity contribution >= 4 is 79.7 Å². The second-order valence-corrected chi connectivity index (χ2v) is 21.6. The van der Waals surface area contributed by atoms with Crippen LogP contribution >= 0.6 is 21.6 Å². The van der Waals surface area contributed by atoms with Gasteiger partial charge in [-0.3, -0.25) is 0 Å². The highest BCUT2D eigenvalue weighted by molar-refractivity contribution is 8.77. The molecule has 3 aromatic heterocycles. The van der Waals surface area contributed by atoms with Gasteiger partial charge in [0.2, 0.25) is 0 Å². The van der Waals surface area contributed by atoms with Crippen molar-refractivity contribution in [2.45, 2.75) is 38.0 Å². The van der Waals surface area contributed by atoms with E-state index in [0.717, 1.165) is 36.5 Å². The third-order valence-corrected chi connectivity index (χ3v) is 16.6. The van der Waals surface area contributed by atoms with Crippen LogP contribution in [-0.4, -0.2) is 65.6 Å². The molecule has 17 heteroatoms. The Morgan fingerprint density at radius 2 is 1.08 bits per heavy atom. The van der Waals surface area contributed by atoms with Crippen LogP contribution < -0.4 is 10.6 Å². The molecule has 4 atom stereocenters. The number of aromatic nitrogens is 4. The Bertz CT molecular complexity index is 3680. The molecule has 2 aliphatic carbocycles. The number of nitrogens with zero attached hydrogens (tertiary/aromatic N) is 2. The molecular weight excluding hydrogens is 1010 g/mol. The van der Waals surface area contributed by atoms with Gasteiger partial charge in [-0.05, 0) is 139 Å². The topological polar surface area (TPSA) is 168 Å². The number of carbonyl (C=O) groups excluding carboxylic acids is 1. The Morgan fingerprint density at radius 1 is 0.645 bits per heavy atom. The van der Waals surface area contributed by atoms with Crippen molar-refractivity contribution in [1.29, 1.82) is 0 Å². The van der Waals surface area contributed by atoms with Gasteiger partial charge in [0, 0.05) is 69.5 Å². The Kier molecular flexibility index (Phi) is 14.0. The molecule has 384 valence electrons. The zero-order valence-corrected chi connectivity index (χ0v) is 42.3. The molecule has 0 saturated heterocycles. The number of hydrogen-bond donors (Lipinski definition) is 7. The summed E-state index contributed by atoms with van der Waals surface area (Å²) in [4.78, 5) is 29.2. The van der Waals surface area contributed by atoms with Gasteiger partial charge in [-0.1, -0.05) is 58.0 Å². The third-order valence-electron chi connectivity index (χ3n) is 13.9. The van der Waals surface area contributed by atoms with Gasteiger partial charge in [0.25, 0.3) is 0 Å². The number of benzene rings is 4. The fourth-order valence-electron chi connectivity index (χ4n) is 10.4. The number of amides is 1. The number of H-pyrrole nitrogens is 2. The Morgan fingerprint density at radius 3 is 1.53 bits per heavy atom. The molecule has 76 heavy (non-hydrogen) atoms. The minimum Gasteiger partial charge on any atom is -0.508 e. The molecule has 1 amide bonds. The Hall–Kier alpha value is -8.07. The Balaban J connectivity index is 0.981. The van der Waals surface area contributed by atoms with Crippen LogP contribution in [0.3, 0.4) is 0 Å². The molecule has 0 spiro atoms. The van der Waals surface area contributed by atoms with E-state index < -0.39 is 46.0 Å². The first-order chi connectivity index (χ1) is 36.9. The molecule has 7 aromatic rings. The number of ether oxygens (including phenoxy) is 1. The molecule has 7 N–H and O–H groups in total. The maximum atomic E-state index is 17.0. The number of alkyl carbamates (subject to hydrolysis) is 1. The lowest BCUT2D eigenvalue weighted by Crippen LogP contribution is -2.27. The molecular formula is C59H48F4N6O5S2. The Labute approximate surface area is 442 Å². The molecule has 0 radical (unpaired) electrons. The van der Waals surface area contributed by atoms with Crippen LogP contribution in [0.15, 0.2) is 97.1 Å². The van der Waals surface area contributed by atoms with Gasteiger partial charge in [-0.15, -0.1) is 11.8 Å². The molecule has 2 aliphatic heterocycles. The number of halogens is 4. The van der Waals surface area contributed by atoms with Crippen molar-refractivity contribution in [3.8, 4) is 73.6 Å². The van der Waals surface area contributed by atoms with E-state index in [0.29, 0.717) is 91.4 Å². The summed E-state index contributed by atoms with van der Waals surface area (Å²) < 4.78 is 72.7. The highest BCUT2D eigenvalue weighted by Gasteiger charge is 2.49. The second kappa shape index (κ2) is 21.3. The highest BCUT2D eigenvalue weighted by atomic mass is 33.1. The average Bonchev–Trinajstić information content (AvgIpc) is 4.09. The minimum absolute atomic E-state index is 0.0278. The fourth-order valence-corrected chi connectivity index (χ4v) is 12.4. The normalized spacial score (nSPS) is 16.7. The number of carbonyl (C=O) groups is 1. The zero-order valence-electron chi connectivity index (χ0n) is 40.7. The third kappa shape index (κ3) is 10.1. The lowest BCUT2D eigenvalue weighted by Gasteiger charge is -2.18. The molecule has 11 nitrogen and oxygen atoms in total. The van der Waals surface area contributed by atoms with Crippen molar-refractivity contribution in [3.63, 3.8) is 0 Å². The van der Waals surface area contributed by atoms with Crippen LogP contribution in [-0.2, 0) is 4.74 Å². The number of nitrogens with one attached hydrogen (secondary N) is 4. The molecule has 1 fully saturated rings. The fraction of sp³-hybridized carbons (Fsp3) is 0.203. The number of phenolic OH excluding ortho intramolecular Hbond substituents is 3. The van der Waals surface area contributed by atoms with E-state index in [9.17, 15) is 20.1 Å². The first-order valence-corrected chi connectivity index (χ1v) is 27.1. The van der Waals surface area contributed by atoms with E-state index in [1.165, 1.54) is 47.2 Å². The van der Waals surface area contributed by atoms with Gasteiger partial charge >= 0.3 is 6.09 Å². The number of fused-ring (bicyclic) bond motifs is 9. The van der Waals surface area contributed by atoms with Crippen LogP contribution in [0, 0.1) is 52.9 Å². The van der Waals surface area contributed by atoms with E-state index in [1.807, 2.05) is 12.1 Å². The van der Waals surface area contributed by atoms with Crippen LogP contribution in [0.2, 0.25) is 0 Å². The van der Waals surface area contributed by atoms with Gasteiger partial charge < -0.3 is 40.7 Å². The quantitative estimate of drug-likeness (QED) is 0.0147. The number of aromatic hydroxyl groups is 3. The van der Waals surface area contributed by atoms with E-state index in [-0.39, 0.29) is 46.3 Å². The van der Waals surface area contributed by atoms with Crippen LogP contribution in [0.5, 0.6) is 17.2 Å². The SMILES string of the molecule is CC(Nc1c(F)c(F)c(-c2c3nc(c(-c4cccc(O)c4)c4ccc([nH]4)c(-c4cccc(O)c4)c4nc(c(-c5cccc(O)c5)c5ccc2[nH]5)C=C4)C=C3)c(F)c1F)SSCCNC(=O)OCC1[C@H]2CCC#CCC[C@@H]12. The standard InChI is InChI=1S/C59H48F4N6O5S2/c1-31(76-75-26-25-64-59(73)74-30-40-38-15-4-2-3-5-16-39(38)40)65-58-56(62)54(60)53(55(61)57(58)63)52-47-23-21-45(68-47)50(33-10-7-13-36(71)28-33)43-19-17-41(66-43)49(32-9-6-12-35(70)27-32)42-18-20-44(67-42)51(46-22-24-48(52)69-46)34-11-8-14-37(72)29-34/h6-14,17-24,27-29,31,38-40,65-66,69-72H,4-5,15-16,25-26,30H2,1H3,(H,64,73)/t31?,38-,39+,40?. The summed E-state index contributed by atoms with van der Waals surface area (Å²) in [5.41, 5.74) is 3.51. The monoisotopic (exact) mass is 1060 g/mol. The molecule has 2 unspecified atom stereocenters. The number of rotatable bonds is 13. The predicted molar refractivity (Wildman–Crippen MR) is 295 cm³/mol. The van der Waals surface area contributed by atoms with Crippen molar-refractivity contribution in [1.82, 2.24) is 25.3 Å². The average molecular weight is 1060 g/mol. The lowest BCUT2D eigenvalue weighted by molar-refractivity contribution is 0.138. The van der Waals surface area contributed by atoms with Crippen molar-refractivity contribution in [2.75, 3.05) is 24.2 Å². The summed E-state index contributed by atoms with van der Waals surface area (Å²) in [6, 6.07) is 26.4. The summed E-state index contributed by atoms with van der Waals surface area (Å²) >= 11 is 0. The summed E-state index contributed by atoms with van der Waals surface area (Å²) in [7, 11) is 2.44. The van der Waals surface area contributed by atoms with E-state index in [4.69, 9.17) is 14.7 Å². The van der Waals surface area contributed by atoms with Gasteiger partial charge in [0.05, 0.1) is 40.3 Å². The van der Waals surface area contributed by atoms with Crippen LogP contribution in [0.1, 0.15) is 55.4 Å². The smallest absolute Gasteiger partial charge is 0.407 e.